The molecule has 0 heterocycles. The first-order valence-corrected chi connectivity index (χ1v) is 5.37. The Hall–Kier alpha value is -0.790. The average molecular weight is 194 g/mol. The van der Waals surface area contributed by atoms with Crippen molar-refractivity contribution in [2.24, 2.45) is 17.8 Å². The van der Waals surface area contributed by atoms with Crippen molar-refractivity contribution in [2.75, 3.05) is 0 Å². The maximum absolute atomic E-state index is 11.8. The Morgan fingerprint density at radius 3 is 2.43 bits per heavy atom. The van der Waals surface area contributed by atoms with E-state index in [-0.39, 0.29) is 17.5 Å². The molecule has 0 spiro atoms. The van der Waals surface area contributed by atoms with Crippen molar-refractivity contribution >= 4 is 5.97 Å². The largest absolute Gasteiger partial charge is 0.460 e. The number of carbonyl (C=O) groups excluding carboxylic acids is 1. The molecule has 0 aromatic rings. The summed E-state index contributed by atoms with van der Waals surface area (Å²) in [5, 5.41) is 0. The second-order valence-corrected chi connectivity index (χ2v) is 5.42. The number of rotatable bonds is 1. The third-order valence-electron chi connectivity index (χ3n) is 2.99. The summed E-state index contributed by atoms with van der Waals surface area (Å²) in [6.45, 7) is 5.77. The third kappa shape index (κ3) is 1.84. The monoisotopic (exact) mass is 194 g/mol. The molecule has 14 heavy (non-hydrogen) atoms. The van der Waals surface area contributed by atoms with Gasteiger partial charge in [0.05, 0.1) is 5.92 Å². The molecule has 0 unspecified atom stereocenters. The predicted octanol–water partition coefficient (Wildman–Crippen LogP) is 2.54. The van der Waals surface area contributed by atoms with Crippen LogP contribution < -0.4 is 0 Å². The Morgan fingerprint density at radius 1 is 1.29 bits per heavy atom. The number of fused-ring (bicyclic) bond motifs is 2. The highest BCUT2D eigenvalue weighted by molar-refractivity contribution is 5.74. The third-order valence-corrected chi connectivity index (χ3v) is 2.99. The van der Waals surface area contributed by atoms with Gasteiger partial charge < -0.3 is 4.74 Å². The Balaban J connectivity index is 1.97. The van der Waals surface area contributed by atoms with Crippen LogP contribution in [0.15, 0.2) is 12.2 Å². The van der Waals surface area contributed by atoms with E-state index in [0.717, 1.165) is 12.8 Å². The van der Waals surface area contributed by atoms with Gasteiger partial charge >= 0.3 is 5.97 Å². The van der Waals surface area contributed by atoms with Gasteiger partial charge in [-0.3, -0.25) is 4.79 Å². The molecule has 0 saturated heterocycles. The first kappa shape index (κ1) is 9.75. The summed E-state index contributed by atoms with van der Waals surface area (Å²) >= 11 is 0. The van der Waals surface area contributed by atoms with Gasteiger partial charge in [0.15, 0.2) is 0 Å². The van der Waals surface area contributed by atoms with Crippen LogP contribution in [-0.2, 0) is 9.53 Å². The lowest BCUT2D eigenvalue weighted by Gasteiger charge is -2.24. The van der Waals surface area contributed by atoms with Crippen molar-refractivity contribution in [3.8, 4) is 0 Å². The van der Waals surface area contributed by atoms with Crippen molar-refractivity contribution in [3.63, 3.8) is 0 Å². The number of hydrogen-bond acceptors (Lipinski definition) is 2. The van der Waals surface area contributed by atoms with Gasteiger partial charge in [-0.15, -0.1) is 0 Å². The topological polar surface area (TPSA) is 26.3 Å². The zero-order valence-corrected chi connectivity index (χ0v) is 9.12. The van der Waals surface area contributed by atoms with E-state index in [1.54, 1.807) is 0 Å². The molecule has 2 aliphatic rings. The van der Waals surface area contributed by atoms with E-state index in [0.29, 0.717) is 11.8 Å². The number of carbonyl (C=O) groups is 1. The quantitative estimate of drug-likeness (QED) is 0.473. The molecule has 0 amide bonds. The average Bonchev–Trinajstić information content (AvgIpc) is 2.59. The van der Waals surface area contributed by atoms with Crippen molar-refractivity contribution in [2.45, 2.75) is 39.2 Å². The zero-order chi connectivity index (χ0) is 10.3. The number of allylic oxidation sites excluding steroid dienone is 2. The predicted molar refractivity (Wildman–Crippen MR) is 54.7 cm³/mol. The number of hydrogen-bond donors (Lipinski definition) is 0. The SMILES string of the molecule is CC(C)(C)OC(=O)[C@H]1C[C@@H]2C=C[C@H]1C2. The highest BCUT2D eigenvalue weighted by Crippen LogP contribution is 2.44. The lowest BCUT2D eigenvalue weighted by molar-refractivity contribution is -0.160. The molecule has 2 bridgehead atoms. The van der Waals surface area contributed by atoms with Gasteiger partial charge in [-0.1, -0.05) is 12.2 Å². The smallest absolute Gasteiger partial charge is 0.310 e. The van der Waals surface area contributed by atoms with E-state index in [1.165, 1.54) is 0 Å². The van der Waals surface area contributed by atoms with Crippen LogP contribution in [0.5, 0.6) is 0 Å². The molecule has 1 fully saturated rings. The van der Waals surface area contributed by atoms with E-state index in [9.17, 15) is 4.79 Å². The first-order chi connectivity index (χ1) is 6.46. The van der Waals surface area contributed by atoms with Gasteiger partial charge in [-0.25, -0.2) is 0 Å². The lowest BCUT2D eigenvalue weighted by atomic mass is 9.93. The Bertz CT molecular complexity index is 273. The molecule has 2 heteroatoms. The number of ether oxygens (including phenoxy) is 1. The highest BCUT2D eigenvalue weighted by atomic mass is 16.6. The van der Waals surface area contributed by atoms with Gasteiger partial charge in [0, 0.05) is 0 Å². The highest BCUT2D eigenvalue weighted by Gasteiger charge is 2.41. The van der Waals surface area contributed by atoms with E-state index in [1.807, 2.05) is 20.8 Å². The van der Waals surface area contributed by atoms with Crippen molar-refractivity contribution in [3.05, 3.63) is 12.2 Å². The van der Waals surface area contributed by atoms with Crippen LogP contribution in [0.25, 0.3) is 0 Å². The molecule has 78 valence electrons. The molecule has 2 nitrogen and oxygen atoms in total. The van der Waals surface area contributed by atoms with Gasteiger partial charge in [0.25, 0.3) is 0 Å². The first-order valence-electron chi connectivity index (χ1n) is 5.37. The van der Waals surface area contributed by atoms with E-state index < -0.39 is 0 Å². The fraction of sp³-hybridized carbons (Fsp3) is 0.750. The minimum absolute atomic E-state index is 0.00523. The van der Waals surface area contributed by atoms with Crippen LogP contribution >= 0.6 is 0 Å². The summed E-state index contributed by atoms with van der Waals surface area (Å²) in [5.74, 6) is 1.21. The summed E-state index contributed by atoms with van der Waals surface area (Å²) in [5.41, 5.74) is -0.345. The minimum atomic E-state index is -0.345. The van der Waals surface area contributed by atoms with Gasteiger partial charge in [0.2, 0.25) is 0 Å². The maximum Gasteiger partial charge on any atom is 0.310 e. The fourth-order valence-electron chi connectivity index (χ4n) is 2.43. The minimum Gasteiger partial charge on any atom is -0.460 e. The fourth-order valence-corrected chi connectivity index (χ4v) is 2.43. The van der Waals surface area contributed by atoms with Gasteiger partial charge in [-0.05, 0) is 45.4 Å². The summed E-state index contributed by atoms with van der Waals surface area (Å²) < 4.78 is 5.40. The second kappa shape index (κ2) is 3.11. The molecule has 0 radical (unpaired) electrons. The summed E-state index contributed by atoms with van der Waals surface area (Å²) in [6, 6.07) is 0. The second-order valence-electron chi connectivity index (χ2n) is 5.42. The van der Waals surface area contributed by atoms with Crippen LogP contribution in [0, 0.1) is 17.8 Å². The van der Waals surface area contributed by atoms with Gasteiger partial charge in [0.1, 0.15) is 5.60 Å². The molecule has 0 aromatic carbocycles. The lowest BCUT2D eigenvalue weighted by Crippen LogP contribution is -2.30. The summed E-state index contributed by atoms with van der Waals surface area (Å²) in [7, 11) is 0. The van der Waals surface area contributed by atoms with Crippen molar-refractivity contribution in [1.29, 1.82) is 0 Å². The Kier molecular flexibility index (Phi) is 2.17. The van der Waals surface area contributed by atoms with E-state index in [2.05, 4.69) is 12.2 Å². The Morgan fingerprint density at radius 2 is 2.00 bits per heavy atom. The molecule has 0 aromatic heterocycles. The van der Waals surface area contributed by atoms with Crippen molar-refractivity contribution < 1.29 is 9.53 Å². The van der Waals surface area contributed by atoms with Crippen LogP contribution in [0.3, 0.4) is 0 Å². The molecule has 0 aliphatic heterocycles. The van der Waals surface area contributed by atoms with E-state index >= 15 is 0 Å². The molecular weight excluding hydrogens is 176 g/mol. The number of esters is 1. The van der Waals surface area contributed by atoms with E-state index in [4.69, 9.17) is 4.74 Å². The molecule has 0 N–H and O–H groups in total. The Labute approximate surface area is 85.3 Å². The van der Waals surface area contributed by atoms with Gasteiger partial charge in [-0.2, -0.15) is 0 Å². The molecule has 2 aliphatic carbocycles. The molecule has 3 atom stereocenters. The molecule has 2 rings (SSSR count). The van der Waals surface area contributed by atoms with Crippen LogP contribution in [0.1, 0.15) is 33.6 Å². The van der Waals surface area contributed by atoms with Crippen LogP contribution in [0.4, 0.5) is 0 Å². The maximum atomic E-state index is 11.8. The zero-order valence-electron chi connectivity index (χ0n) is 9.12. The van der Waals surface area contributed by atoms with Crippen LogP contribution in [-0.4, -0.2) is 11.6 Å². The van der Waals surface area contributed by atoms with Crippen LogP contribution in [0.2, 0.25) is 0 Å². The standard InChI is InChI=1S/C12H18O2/c1-12(2,3)14-11(13)10-7-8-4-5-9(10)6-8/h4-5,8-10H,6-7H2,1-3H3/t8-,9+,10+/m1/s1. The normalized spacial score (nSPS) is 34.9. The van der Waals surface area contributed by atoms with Crippen molar-refractivity contribution in [1.82, 2.24) is 0 Å². The summed E-state index contributed by atoms with van der Waals surface area (Å²) in [6.07, 6.45) is 6.58. The summed E-state index contributed by atoms with van der Waals surface area (Å²) in [4.78, 5) is 11.8. The molecule has 1 saturated carbocycles. The molecular formula is C12H18O2.